The van der Waals surface area contributed by atoms with Gasteiger partial charge in [0.1, 0.15) is 0 Å². The number of hydrogen-bond acceptors (Lipinski definition) is 2. The van der Waals surface area contributed by atoms with Crippen LogP contribution in [0.5, 0.6) is 0 Å². The highest BCUT2D eigenvalue weighted by Crippen LogP contribution is 2.24. The SMILES string of the molecule is Cc1ccc(N2C[C@@H](NC(=O)N(CCCl)CCCl)CC2=O)cc1C. The number of anilines is 1. The molecule has 5 nitrogen and oxygen atoms in total. The molecule has 0 unspecified atom stereocenters. The van der Waals surface area contributed by atoms with Gasteiger partial charge in [-0.2, -0.15) is 0 Å². The quantitative estimate of drug-likeness (QED) is 0.781. The summed E-state index contributed by atoms with van der Waals surface area (Å²) in [7, 11) is 0. The fourth-order valence-electron chi connectivity index (χ4n) is 2.73. The van der Waals surface area contributed by atoms with Crippen molar-refractivity contribution in [2.45, 2.75) is 26.3 Å². The molecule has 1 N–H and O–H groups in total. The molecule has 3 amide bonds. The van der Waals surface area contributed by atoms with Crippen LogP contribution in [-0.4, -0.2) is 54.3 Å². The molecule has 132 valence electrons. The van der Waals surface area contributed by atoms with Crippen molar-refractivity contribution in [3.63, 3.8) is 0 Å². The number of rotatable bonds is 6. The van der Waals surface area contributed by atoms with Crippen LogP contribution in [-0.2, 0) is 4.79 Å². The zero-order valence-electron chi connectivity index (χ0n) is 14.0. The van der Waals surface area contributed by atoms with Gasteiger partial charge in [0.15, 0.2) is 0 Å². The number of nitrogens with one attached hydrogen (secondary N) is 1. The first-order chi connectivity index (χ1) is 11.5. The Balaban J connectivity index is 2.01. The molecule has 7 heteroatoms. The largest absolute Gasteiger partial charge is 0.333 e. The normalized spacial score (nSPS) is 17.2. The predicted molar refractivity (Wildman–Crippen MR) is 98.2 cm³/mol. The first-order valence-electron chi connectivity index (χ1n) is 8.01. The Morgan fingerprint density at radius 3 is 2.50 bits per heavy atom. The smallest absolute Gasteiger partial charge is 0.317 e. The van der Waals surface area contributed by atoms with Gasteiger partial charge in [0, 0.05) is 43.5 Å². The number of benzene rings is 1. The number of alkyl halides is 2. The molecule has 1 atom stereocenters. The minimum absolute atomic E-state index is 0.0183. The number of nitrogens with zero attached hydrogens (tertiary/aromatic N) is 2. The van der Waals surface area contributed by atoms with Crippen LogP contribution in [0.25, 0.3) is 0 Å². The summed E-state index contributed by atoms with van der Waals surface area (Å²) < 4.78 is 0. The molecule has 0 spiro atoms. The minimum Gasteiger partial charge on any atom is -0.333 e. The van der Waals surface area contributed by atoms with E-state index in [-0.39, 0.29) is 18.0 Å². The summed E-state index contributed by atoms with van der Waals surface area (Å²) in [5.41, 5.74) is 3.20. The number of amides is 3. The van der Waals surface area contributed by atoms with Gasteiger partial charge in [0.2, 0.25) is 5.91 Å². The maximum Gasteiger partial charge on any atom is 0.317 e. The van der Waals surface area contributed by atoms with Gasteiger partial charge in [-0.05, 0) is 37.1 Å². The summed E-state index contributed by atoms with van der Waals surface area (Å²) >= 11 is 11.4. The number of hydrogen-bond donors (Lipinski definition) is 1. The van der Waals surface area contributed by atoms with Crippen LogP contribution in [0.2, 0.25) is 0 Å². The van der Waals surface area contributed by atoms with Gasteiger partial charge in [0.25, 0.3) is 0 Å². The van der Waals surface area contributed by atoms with Crippen molar-refractivity contribution < 1.29 is 9.59 Å². The lowest BCUT2D eigenvalue weighted by Gasteiger charge is -2.23. The molecule has 24 heavy (non-hydrogen) atoms. The summed E-state index contributed by atoms with van der Waals surface area (Å²) in [6.45, 7) is 5.40. The van der Waals surface area contributed by atoms with Crippen LogP contribution in [0.1, 0.15) is 17.5 Å². The number of carbonyl (C=O) groups is 2. The molecule has 1 heterocycles. The molecule has 1 aromatic rings. The number of aryl methyl sites for hydroxylation is 2. The van der Waals surface area contributed by atoms with E-state index in [4.69, 9.17) is 23.2 Å². The summed E-state index contributed by atoms with van der Waals surface area (Å²) in [5, 5.41) is 2.91. The van der Waals surface area contributed by atoms with Crippen molar-refractivity contribution in [1.29, 1.82) is 0 Å². The number of carbonyl (C=O) groups excluding carboxylic acids is 2. The highest BCUT2D eigenvalue weighted by Gasteiger charge is 2.32. The molecule has 1 fully saturated rings. The summed E-state index contributed by atoms with van der Waals surface area (Å²) in [6, 6.07) is 5.52. The second-order valence-electron chi connectivity index (χ2n) is 5.99. The van der Waals surface area contributed by atoms with Crippen molar-refractivity contribution in [1.82, 2.24) is 10.2 Å². The maximum atomic E-state index is 12.3. The lowest BCUT2D eigenvalue weighted by molar-refractivity contribution is -0.117. The van der Waals surface area contributed by atoms with Crippen LogP contribution in [0.4, 0.5) is 10.5 Å². The molecule has 0 bridgehead atoms. The van der Waals surface area contributed by atoms with Crippen molar-refractivity contribution in [2.24, 2.45) is 0 Å². The van der Waals surface area contributed by atoms with Gasteiger partial charge >= 0.3 is 6.03 Å². The van der Waals surface area contributed by atoms with Crippen LogP contribution < -0.4 is 10.2 Å². The Labute approximate surface area is 152 Å². The Hall–Kier alpha value is -1.46. The molecular weight excluding hydrogens is 349 g/mol. The zero-order chi connectivity index (χ0) is 17.7. The summed E-state index contributed by atoms with van der Waals surface area (Å²) in [4.78, 5) is 27.9. The van der Waals surface area contributed by atoms with E-state index in [0.29, 0.717) is 37.8 Å². The molecule has 2 rings (SSSR count). The highest BCUT2D eigenvalue weighted by molar-refractivity contribution is 6.18. The van der Waals surface area contributed by atoms with E-state index in [2.05, 4.69) is 5.32 Å². The van der Waals surface area contributed by atoms with E-state index in [1.807, 2.05) is 32.0 Å². The maximum absolute atomic E-state index is 12.3. The second-order valence-corrected chi connectivity index (χ2v) is 6.74. The number of halogens is 2. The van der Waals surface area contributed by atoms with E-state index in [1.54, 1.807) is 9.80 Å². The lowest BCUT2D eigenvalue weighted by Crippen LogP contribution is -2.47. The fraction of sp³-hybridized carbons (Fsp3) is 0.529. The third kappa shape index (κ3) is 4.54. The third-order valence-corrected chi connectivity index (χ3v) is 4.59. The first-order valence-corrected chi connectivity index (χ1v) is 9.08. The van der Waals surface area contributed by atoms with Gasteiger partial charge in [-0.15, -0.1) is 23.2 Å². The summed E-state index contributed by atoms with van der Waals surface area (Å²) in [6.07, 6.45) is 0.300. The highest BCUT2D eigenvalue weighted by atomic mass is 35.5. The van der Waals surface area contributed by atoms with E-state index < -0.39 is 0 Å². The fourth-order valence-corrected chi connectivity index (χ4v) is 3.14. The van der Waals surface area contributed by atoms with Gasteiger partial charge in [-0.1, -0.05) is 6.07 Å². The zero-order valence-corrected chi connectivity index (χ0v) is 15.5. The molecule has 0 saturated carbocycles. The standard InChI is InChI=1S/C17H23Cl2N3O2/c1-12-3-4-15(9-13(12)2)22-11-14(10-16(22)23)20-17(24)21(7-5-18)8-6-19/h3-4,9,14H,5-8,10-11H2,1-2H3,(H,20,24)/t14-/m0/s1. The van der Waals surface area contributed by atoms with Crippen molar-refractivity contribution >= 4 is 40.8 Å². The molecule has 1 aromatic carbocycles. The van der Waals surface area contributed by atoms with Gasteiger partial charge in [-0.3, -0.25) is 4.79 Å². The third-order valence-electron chi connectivity index (χ3n) is 4.25. The van der Waals surface area contributed by atoms with E-state index >= 15 is 0 Å². The molecular formula is C17H23Cl2N3O2. The van der Waals surface area contributed by atoms with Crippen molar-refractivity contribution in [2.75, 3.05) is 36.3 Å². The molecule has 0 aliphatic carbocycles. The average molecular weight is 372 g/mol. The van der Waals surface area contributed by atoms with Crippen molar-refractivity contribution in [3.8, 4) is 0 Å². The van der Waals surface area contributed by atoms with Crippen LogP contribution in [0, 0.1) is 13.8 Å². The predicted octanol–water partition coefficient (Wildman–Crippen LogP) is 2.90. The Morgan fingerprint density at radius 1 is 1.25 bits per heavy atom. The Morgan fingerprint density at radius 2 is 1.92 bits per heavy atom. The summed E-state index contributed by atoms with van der Waals surface area (Å²) in [5.74, 6) is 0.718. The van der Waals surface area contributed by atoms with Gasteiger partial charge in [-0.25, -0.2) is 4.79 Å². The van der Waals surface area contributed by atoms with E-state index in [0.717, 1.165) is 11.3 Å². The van der Waals surface area contributed by atoms with Gasteiger partial charge < -0.3 is 15.1 Å². The lowest BCUT2D eigenvalue weighted by atomic mass is 10.1. The molecule has 1 aliphatic heterocycles. The Kier molecular flexibility index (Phi) is 6.75. The van der Waals surface area contributed by atoms with Crippen LogP contribution in [0.3, 0.4) is 0 Å². The second kappa shape index (κ2) is 8.58. The monoisotopic (exact) mass is 371 g/mol. The molecule has 0 aromatic heterocycles. The van der Waals surface area contributed by atoms with E-state index in [1.165, 1.54) is 5.56 Å². The van der Waals surface area contributed by atoms with Crippen LogP contribution >= 0.6 is 23.2 Å². The minimum atomic E-state index is -0.226. The van der Waals surface area contributed by atoms with Crippen LogP contribution in [0.15, 0.2) is 18.2 Å². The first kappa shape index (κ1) is 18.9. The molecule has 1 aliphatic rings. The Bertz CT molecular complexity index is 603. The van der Waals surface area contributed by atoms with Crippen molar-refractivity contribution in [3.05, 3.63) is 29.3 Å². The number of urea groups is 1. The average Bonchev–Trinajstić information content (AvgIpc) is 2.90. The van der Waals surface area contributed by atoms with Gasteiger partial charge in [0.05, 0.1) is 6.04 Å². The molecule has 1 saturated heterocycles. The topological polar surface area (TPSA) is 52.7 Å². The molecule has 0 radical (unpaired) electrons. The van der Waals surface area contributed by atoms with E-state index in [9.17, 15) is 9.59 Å².